The number of imide groups is 1. The molecule has 0 radical (unpaired) electrons. The Labute approximate surface area is 133 Å². The zero-order chi connectivity index (χ0) is 16.0. The van der Waals surface area contributed by atoms with E-state index in [0.717, 1.165) is 11.3 Å². The minimum Gasteiger partial charge on any atom is -0.324 e. The molecule has 23 heavy (non-hydrogen) atoms. The van der Waals surface area contributed by atoms with E-state index in [2.05, 4.69) is 0 Å². The van der Waals surface area contributed by atoms with E-state index in [-0.39, 0.29) is 11.8 Å². The predicted molar refractivity (Wildman–Crippen MR) is 88.1 cm³/mol. The van der Waals surface area contributed by atoms with Crippen molar-refractivity contribution in [3.63, 3.8) is 0 Å². The minimum atomic E-state index is -0.270. The zero-order valence-corrected chi connectivity index (χ0v) is 12.6. The maximum atomic E-state index is 12.6. The van der Waals surface area contributed by atoms with Crippen LogP contribution in [0.15, 0.2) is 67.0 Å². The lowest BCUT2D eigenvalue weighted by Crippen LogP contribution is -2.29. The quantitative estimate of drug-likeness (QED) is 0.679. The summed E-state index contributed by atoms with van der Waals surface area (Å²) < 4.78 is 1.97. The van der Waals surface area contributed by atoms with Crippen LogP contribution >= 0.6 is 0 Å². The van der Waals surface area contributed by atoms with Gasteiger partial charge in [-0.25, -0.2) is 4.90 Å². The van der Waals surface area contributed by atoms with Crippen LogP contribution in [0.3, 0.4) is 0 Å². The summed E-state index contributed by atoms with van der Waals surface area (Å²) in [6.07, 6.45) is 3.88. The minimum absolute atomic E-state index is 0.270. The predicted octanol–water partition coefficient (Wildman–Crippen LogP) is 3.59. The highest BCUT2D eigenvalue weighted by atomic mass is 16.2. The van der Waals surface area contributed by atoms with Crippen molar-refractivity contribution < 1.29 is 9.59 Å². The third-order valence-corrected chi connectivity index (χ3v) is 4.13. The lowest BCUT2D eigenvalue weighted by Gasteiger charge is -2.17. The third-order valence-electron chi connectivity index (χ3n) is 4.13. The van der Waals surface area contributed by atoms with Crippen molar-refractivity contribution in [1.29, 1.82) is 0 Å². The Morgan fingerprint density at radius 1 is 0.783 bits per heavy atom. The second-order valence-electron chi connectivity index (χ2n) is 5.55. The van der Waals surface area contributed by atoms with Crippen LogP contribution < -0.4 is 4.90 Å². The molecule has 112 valence electrons. The number of aryl methyl sites for hydroxylation is 1. The molecule has 2 aromatic carbocycles. The summed E-state index contributed by atoms with van der Waals surface area (Å²) >= 11 is 0. The molecule has 0 bridgehead atoms. The zero-order valence-electron chi connectivity index (χ0n) is 12.6. The van der Waals surface area contributed by atoms with Gasteiger partial charge < -0.3 is 4.57 Å². The molecule has 4 heteroatoms. The van der Waals surface area contributed by atoms with Crippen molar-refractivity contribution in [2.45, 2.75) is 6.92 Å². The molecule has 0 aliphatic carbocycles. The smallest absolute Gasteiger partial charge is 0.266 e. The maximum Gasteiger partial charge on any atom is 0.266 e. The highest BCUT2D eigenvalue weighted by Gasteiger charge is 2.36. The number of hydrogen-bond donors (Lipinski definition) is 0. The van der Waals surface area contributed by atoms with Crippen molar-refractivity contribution in [3.8, 4) is 5.69 Å². The maximum absolute atomic E-state index is 12.6. The van der Waals surface area contributed by atoms with Crippen LogP contribution in [0.5, 0.6) is 0 Å². The molecule has 0 spiro atoms. The molecule has 0 unspecified atom stereocenters. The number of carbonyl (C=O) groups is 2. The second-order valence-corrected chi connectivity index (χ2v) is 5.55. The Hall–Kier alpha value is -3.14. The van der Waals surface area contributed by atoms with Crippen molar-refractivity contribution in [3.05, 3.63) is 83.7 Å². The number of amides is 2. The largest absolute Gasteiger partial charge is 0.324 e. The van der Waals surface area contributed by atoms with Gasteiger partial charge >= 0.3 is 0 Å². The Morgan fingerprint density at radius 3 is 2.00 bits per heavy atom. The Kier molecular flexibility index (Phi) is 2.91. The summed E-state index contributed by atoms with van der Waals surface area (Å²) in [6.45, 7) is 2.00. The molecule has 4 rings (SSSR count). The molecular formula is C19H14N2O2. The molecule has 2 heterocycles. The summed E-state index contributed by atoms with van der Waals surface area (Å²) in [5, 5.41) is 0. The molecule has 2 amide bonds. The topological polar surface area (TPSA) is 42.3 Å². The van der Waals surface area contributed by atoms with Gasteiger partial charge in [-0.3, -0.25) is 9.59 Å². The molecule has 3 aromatic rings. The molecular weight excluding hydrogens is 288 g/mol. The molecule has 0 saturated heterocycles. The molecule has 0 atom stereocenters. The Bertz CT molecular complexity index is 891. The van der Waals surface area contributed by atoms with Crippen molar-refractivity contribution in [2.75, 3.05) is 4.90 Å². The van der Waals surface area contributed by atoms with E-state index >= 15 is 0 Å². The molecule has 0 fully saturated rings. The fourth-order valence-electron chi connectivity index (χ4n) is 2.93. The van der Waals surface area contributed by atoms with Crippen LogP contribution in [-0.2, 0) is 0 Å². The highest BCUT2D eigenvalue weighted by Crippen LogP contribution is 2.30. The summed E-state index contributed by atoms with van der Waals surface area (Å²) in [4.78, 5) is 26.4. The standard InChI is InChI=1S/C19H14N2O2/c1-13-8-9-14(12-17(13)20-10-4-5-11-20)21-18(22)15-6-2-3-7-16(15)19(21)23/h2-12H,1H3. The highest BCUT2D eigenvalue weighted by molar-refractivity contribution is 6.34. The summed E-state index contributed by atoms with van der Waals surface area (Å²) in [7, 11) is 0. The van der Waals surface area contributed by atoms with Gasteiger partial charge in [0.1, 0.15) is 0 Å². The Morgan fingerprint density at radius 2 is 1.39 bits per heavy atom. The molecule has 1 aliphatic heterocycles. The molecule has 4 nitrogen and oxygen atoms in total. The first-order valence-electron chi connectivity index (χ1n) is 7.38. The normalized spacial score (nSPS) is 13.5. The SMILES string of the molecule is Cc1ccc(N2C(=O)c3ccccc3C2=O)cc1-n1cccc1. The number of carbonyl (C=O) groups excluding carboxylic acids is 2. The number of nitrogens with zero attached hydrogens (tertiary/aromatic N) is 2. The Balaban J connectivity index is 1.83. The van der Waals surface area contributed by atoms with Crippen LogP contribution in [0.2, 0.25) is 0 Å². The monoisotopic (exact) mass is 302 g/mol. The average Bonchev–Trinajstić information content (AvgIpc) is 3.17. The number of rotatable bonds is 2. The van der Waals surface area contributed by atoms with E-state index < -0.39 is 0 Å². The lowest BCUT2D eigenvalue weighted by atomic mass is 10.1. The van der Waals surface area contributed by atoms with Gasteiger partial charge in [-0.2, -0.15) is 0 Å². The van der Waals surface area contributed by atoms with Crippen LogP contribution in [0.4, 0.5) is 5.69 Å². The summed E-state index contributed by atoms with van der Waals surface area (Å²) in [5.41, 5.74) is 3.53. The van der Waals surface area contributed by atoms with Gasteiger partial charge in [0.25, 0.3) is 11.8 Å². The van der Waals surface area contributed by atoms with Gasteiger partial charge in [0, 0.05) is 18.1 Å². The van der Waals surface area contributed by atoms with E-state index in [9.17, 15) is 9.59 Å². The van der Waals surface area contributed by atoms with Crippen LogP contribution in [0.25, 0.3) is 5.69 Å². The van der Waals surface area contributed by atoms with Gasteiger partial charge in [0.2, 0.25) is 0 Å². The van der Waals surface area contributed by atoms with Gasteiger partial charge in [0.15, 0.2) is 0 Å². The first-order chi connectivity index (χ1) is 11.2. The van der Waals surface area contributed by atoms with Crippen molar-refractivity contribution >= 4 is 17.5 Å². The number of hydrogen-bond acceptors (Lipinski definition) is 2. The lowest BCUT2D eigenvalue weighted by molar-refractivity contribution is 0.0926. The van der Waals surface area contributed by atoms with Gasteiger partial charge in [-0.1, -0.05) is 18.2 Å². The van der Waals surface area contributed by atoms with E-state index in [4.69, 9.17) is 0 Å². The van der Waals surface area contributed by atoms with Crippen LogP contribution in [0.1, 0.15) is 26.3 Å². The summed E-state index contributed by atoms with van der Waals surface area (Å²) in [6, 6.07) is 16.4. The number of benzene rings is 2. The third kappa shape index (κ3) is 1.99. The van der Waals surface area contributed by atoms with Gasteiger partial charge in [-0.15, -0.1) is 0 Å². The van der Waals surface area contributed by atoms with Crippen molar-refractivity contribution in [2.24, 2.45) is 0 Å². The van der Waals surface area contributed by atoms with Gasteiger partial charge in [0.05, 0.1) is 16.8 Å². The number of fused-ring (bicyclic) bond motifs is 1. The number of anilines is 1. The average molecular weight is 302 g/mol. The first-order valence-corrected chi connectivity index (χ1v) is 7.38. The van der Waals surface area contributed by atoms with E-state index in [0.29, 0.717) is 16.8 Å². The molecule has 0 N–H and O–H groups in total. The summed E-state index contributed by atoms with van der Waals surface area (Å²) in [5.74, 6) is -0.541. The van der Waals surface area contributed by atoms with Crippen molar-refractivity contribution in [1.82, 2.24) is 4.57 Å². The molecule has 1 aliphatic rings. The molecule has 1 aromatic heterocycles. The molecule has 0 saturated carbocycles. The first kappa shape index (κ1) is 13.5. The fourth-order valence-corrected chi connectivity index (χ4v) is 2.93. The van der Waals surface area contributed by atoms with Gasteiger partial charge in [-0.05, 0) is 48.9 Å². The van der Waals surface area contributed by atoms with E-state index in [1.54, 1.807) is 24.3 Å². The number of aromatic nitrogens is 1. The van der Waals surface area contributed by atoms with Crippen LogP contribution in [0, 0.1) is 6.92 Å². The second kappa shape index (κ2) is 4.95. The van der Waals surface area contributed by atoms with Crippen LogP contribution in [-0.4, -0.2) is 16.4 Å². The van der Waals surface area contributed by atoms with E-state index in [1.165, 1.54) is 4.90 Å². The fraction of sp³-hybridized carbons (Fsp3) is 0.0526. The van der Waals surface area contributed by atoms with E-state index in [1.807, 2.05) is 54.2 Å².